The lowest BCUT2D eigenvalue weighted by atomic mass is 9.43. The van der Waals surface area contributed by atoms with Crippen LogP contribution in [0.2, 0.25) is 0 Å². The highest BCUT2D eigenvalue weighted by Crippen LogP contribution is 2.64. The molecule has 2 aliphatic carbocycles. The molecule has 0 aromatic heterocycles. The first-order valence-electron chi connectivity index (χ1n) is 6.90. The van der Waals surface area contributed by atoms with Crippen molar-refractivity contribution in [3.63, 3.8) is 0 Å². The normalized spacial score (nSPS) is 24.1. The molecule has 0 radical (unpaired) electrons. The fourth-order valence-corrected chi connectivity index (χ4v) is 4.09. The average molecular weight is 229 g/mol. The smallest absolute Gasteiger partial charge is 0.00882 e. The Kier molecular flexibility index (Phi) is 2.55. The lowest BCUT2D eigenvalue weighted by Gasteiger charge is -2.61. The molecule has 1 nitrogen and oxygen atoms in total. The zero-order valence-electron chi connectivity index (χ0n) is 11.1. The lowest BCUT2D eigenvalue weighted by molar-refractivity contribution is -0.0475. The van der Waals surface area contributed by atoms with Gasteiger partial charge in [0, 0.05) is 12.0 Å². The minimum atomic E-state index is 0.433. The molecule has 0 atom stereocenters. The highest BCUT2D eigenvalue weighted by Gasteiger charge is 2.56. The van der Waals surface area contributed by atoms with E-state index in [1.807, 2.05) is 0 Å². The molecule has 0 aliphatic heterocycles. The standard InChI is InChI=1S/C16H23N/c1-13-4-6-14(7-5-13)16(12-17-2)10-15(11-16)8-3-9-15/h4-7,17H,3,8-12H2,1-2H3. The van der Waals surface area contributed by atoms with Crippen molar-refractivity contribution in [1.29, 1.82) is 0 Å². The molecule has 17 heavy (non-hydrogen) atoms. The van der Waals surface area contributed by atoms with Crippen LogP contribution >= 0.6 is 0 Å². The van der Waals surface area contributed by atoms with Crippen molar-refractivity contribution in [3.05, 3.63) is 35.4 Å². The molecule has 2 saturated carbocycles. The number of hydrogen-bond acceptors (Lipinski definition) is 1. The predicted molar refractivity (Wildman–Crippen MR) is 72.3 cm³/mol. The van der Waals surface area contributed by atoms with Gasteiger partial charge >= 0.3 is 0 Å². The largest absolute Gasteiger partial charge is 0.319 e. The summed E-state index contributed by atoms with van der Waals surface area (Å²) in [6.45, 7) is 3.31. The molecule has 0 bridgehead atoms. The molecule has 1 aromatic rings. The van der Waals surface area contributed by atoms with Crippen LogP contribution in [0.25, 0.3) is 0 Å². The third-order valence-corrected chi connectivity index (χ3v) is 5.02. The van der Waals surface area contributed by atoms with E-state index in [9.17, 15) is 0 Å². The average Bonchev–Trinajstić information content (AvgIpc) is 2.22. The van der Waals surface area contributed by atoms with E-state index in [2.05, 4.69) is 43.6 Å². The first kappa shape index (κ1) is 11.3. The third-order valence-electron chi connectivity index (χ3n) is 5.02. The van der Waals surface area contributed by atoms with Crippen molar-refractivity contribution >= 4 is 0 Å². The van der Waals surface area contributed by atoms with Crippen molar-refractivity contribution < 1.29 is 0 Å². The summed E-state index contributed by atoms with van der Waals surface area (Å²) in [5.41, 5.74) is 4.09. The Bertz CT molecular complexity index is 392. The Morgan fingerprint density at radius 3 is 2.24 bits per heavy atom. The van der Waals surface area contributed by atoms with Crippen molar-refractivity contribution in [2.24, 2.45) is 5.41 Å². The van der Waals surface area contributed by atoms with Gasteiger partial charge in [0.05, 0.1) is 0 Å². The number of rotatable bonds is 3. The fourth-order valence-electron chi connectivity index (χ4n) is 4.09. The summed E-state index contributed by atoms with van der Waals surface area (Å²) in [4.78, 5) is 0. The minimum Gasteiger partial charge on any atom is -0.319 e. The third kappa shape index (κ3) is 1.72. The van der Waals surface area contributed by atoms with E-state index in [1.54, 1.807) is 5.56 Å². The van der Waals surface area contributed by atoms with Gasteiger partial charge < -0.3 is 5.32 Å². The first-order valence-corrected chi connectivity index (χ1v) is 6.90. The van der Waals surface area contributed by atoms with Crippen LogP contribution in [-0.2, 0) is 5.41 Å². The fraction of sp³-hybridized carbons (Fsp3) is 0.625. The molecule has 3 rings (SSSR count). The van der Waals surface area contributed by atoms with Crippen molar-refractivity contribution in [3.8, 4) is 0 Å². The van der Waals surface area contributed by atoms with Gasteiger partial charge in [-0.2, -0.15) is 0 Å². The van der Waals surface area contributed by atoms with Crippen LogP contribution < -0.4 is 5.32 Å². The molecule has 2 fully saturated rings. The van der Waals surface area contributed by atoms with E-state index < -0.39 is 0 Å². The molecule has 92 valence electrons. The molecular formula is C16H23N. The van der Waals surface area contributed by atoms with Crippen molar-refractivity contribution in [2.75, 3.05) is 13.6 Å². The lowest BCUT2D eigenvalue weighted by Crippen LogP contribution is -2.57. The van der Waals surface area contributed by atoms with Gasteiger partial charge in [-0.1, -0.05) is 36.2 Å². The van der Waals surface area contributed by atoms with E-state index in [0.717, 1.165) is 12.0 Å². The SMILES string of the molecule is CNCC1(c2ccc(C)cc2)CC2(CCC2)C1. The quantitative estimate of drug-likeness (QED) is 0.837. The van der Waals surface area contributed by atoms with Crippen molar-refractivity contribution in [2.45, 2.75) is 44.4 Å². The molecule has 1 N–H and O–H groups in total. The van der Waals surface area contributed by atoms with E-state index in [0.29, 0.717) is 5.41 Å². The molecule has 2 aliphatic rings. The Morgan fingerprint density at radius 2 is 1.76 bits per heavy atom. The second kappa shape index (κ2) is 3.84. The topological polar surface area (TPSA) is 12.0 Å². The molecule has 1 spiro atoms. The zero-order valence-corrected chi connectivity index (χ0v) is 11.1. The van der Waals surface area contributed by atoms with Gasteiger partial charge in [-0.05, 0) is 50.6 Å². The monoisotopic (exact) mass is 229 g/mol. The Hall–Kier alpha value is -0.820. The Morgan fingerprint density at radius 1 is 1.12 bits per heavy atom. The van der Waals surface area contributed by atoms with Crippen LogP contribution in [0.1, 0.15) is 43.2 Å². The highest BCUT2D eigenvalue weighted by molar-refractivity contribution is 5.34. The first-order chi connectivity index (χ1) is 8.18. The molecule has 0 unspecified atom stereocenters. The van der Waals surface area contributed by atoms with E-state index in [1.165, 1.54) is 37.7 Å². The number of aryl methyl sites for hydroxylation is 1. The van der Waals surface area contributed by atoms with Gasteiger partial charge in [0.1, 0.15) is 0 Å². The summed E-state index contributed by atoms with van der Waals surface area (Å²) < 4.78 is 0. The molecule has 1 heteroatoms. The summed E-state index contributed by atoms with van der Waals surface area (Å²) in [5, 5.41) is 3.41. The second-order valence-corrected chi connectivity index (χ2v) is 6.38. The predicted octanol–water partition coefficient (Wildman–Crippen LogP) is 3.42. The number of likely N-dealkylation sites (N-methyl/N-ethyl adjacent to an activating group) is 1. The van der Waals surface area contributed by atoms with Crippen LogP contribution in [0.3, 0.4) is 0 Å². The van der Waals surface area contributed by atoms with Crippen molar-refractivity contribution in [1.82, 2.24) is 5.32 Å². The molecule has 0 saturated heterocycles. The van der Waals surface area contributed by atoms with Crippen LogP contribution in [0, 0.1) is 12.3 Å². The molecule has 0 heterocycles. The summed E-state index contributed by atoms with van der Waals surface area (Å²) in [5.74, 6) is 0. The summed E-state index contributed by atoms with van der Waals surface area (Å²) >= 11 is 0. The van der Waals surface area contributed by atoms with Gasteiger partial charge in [0.15, 0.2) is 0 Å². The molecular weight excluding hydrogens is 206 g/mol. The van der Waals surface area contributed by atoms with Gasteiger partial charge in [-0.15, -0.1) is 0 Å². The minimum absolute atomic E-state index is 0.433. The second-order valence-electron chi connectivity index (χ2n) is 6.38. The highest BCUT2D eigenvalue weighted by atomic mass is 14.9. The number of hydrogen-bond donors (Lipinski definition) is 1. The number of benzene rings is 1. The molecule has 0 amide bonds. The van der Waals surface area contributed by atoms with Gasteiger partial charge in [0.2, 0.25) is 0 Å². The van der Waals surface area contributed by atoms with Crippen LogP contribution in [0.15, 0.2) is 24.3 Å². The van der Waals surface area contributed by atoms with Crippen LogP contribution in [0.5, 0.6) is 0 Å². The van der Waals surface area contributed by atoms with E-state index in [-0.39, 0.29) is 0 Å². The van der Waals surface area contributed by atoms with Gasteiger partial charge in [-0.25, -0.2) is 0 Å². The maximum atomic E-state index is 3.41. The van der Waals surface area contributed by atoms with Crippen LogP contribution in [-0.4, -0.2) is 13.6 Å². The van der Waals surface area contributed by atoms with E-state index in [4.69, 9.17) is 0 Å². The summed E-state index contributed by atoms with van der Waals surface area (Å²) in [7, 11) is 2.09. The van der Waals surface area contributed by atoms with Gasteiger partial charge in [0.25, 0.3) is 0 Å². The number of nitrogens with one attached hydrogen (secondary N) is 1. The molecule has 1 aromatic carbocycles. The van der Waals surface area contributed by atoms with E-state index >= 15 is 0 Å². The van der Waals surface area contributed by atoms with Gasteiger partial charge in [-0.3, -0.25) is 0 Å². The summed E-state index contributed by atoms with van der Waals surface area (Å²) in [6.07, 6.45) is 7.23. The summed E-state index contributed by atoms with van der Waals surface area (Å²) in [6, 6.07) is 9.22. The zero-order chi connectivity index (χ0) is 11.9. The maximum Gasteiger partial charge on any atom is 0.00882 e. The Labute approximate surface area is 105 Å². The van der Waals surface area contributed by atoms with Crippen LogP contribution in [0.4, 0.5) is 0 Å². The maximum absolute atomic E-state index is 3.41. The Balaban J connectivity index is 1.83.